The van der Waals surface area contributed by atoms with Crippen LogP contribution in [0.3, 0.4) is 0 Å². The second-order valence-corrected chi connectivity index (χ2v) is 3.15. The van der Waals surface area contributed by atoms with Crippen molar-refractivity contribution in [2.75, 3.05) is 0 Å². The predicted molar refractivity (Wildman–Crippen MR) is 62.8 cm³/mol. The van der Waals surface area contributed by atoms with E-state index in [4.69, 9.17) is 5.41 Å². The molecule has 72 valence electrons. The van der Waals surface area contributed by atoms with Gasteiger partial charge in [0.2, 0.25) is 0 Å². The Hall–Kier alpha value is -1.63. The summed E-state index contributed by atoms with van der Waals surface area (Å²) >= 11 is 0. The van der Waals surface area contributed by atoms with Crippen LogP contribution < -0.4 is 0 Å². The maximum absolute atomic E-state index is 7.07. The van der Waals surface area contributed by atoms with Crippen molar-refractivity contribution in [3.8, 4) is 0 Å². The first-order valence-corrected chi connectivity index (χ1v) is 4.68. The van der Waals surface area contributed by atoms with E-state index < -0.39 is 0 Å². The van der Waals surface area contributed by atoms with E-state index in [2.05, 4.69) is 31.2 Å². The predicted octanol–water partition coefficient (Wildman–Crippen LogP) is 3.60. The van der Waals surface area contributed by atoms with E-state index in [0.29, 0.717) is 0 Å². The van der Waals surface area contributed by atoms with Crippen molar-refractivity contribution >= 4 is 11.8 Å². The van der Waals surface area contributed by atoms with Gasteiger partial charge in [-0.25, -0.2) is 0 Å². The number of hydrogen-bond acceptors (Lipinski definition) is 1. The van der Waals surface area contributed by atoms with Crippen molar-refractivity contribution in [3.63, 3.8) is 0 Å². The van der Waals surface area contributed by atoms with Crippen LogP contribution in [0.5, 0.6) is 0 Å². The number of rotatable bonds is 3. The Kier molecular flexibility index (Phi) is 3.86. The summed E-state index contributed by atoms with van der Waals surface area (Å²) in [5, 5.41) is 7.07. The highest BCUT2D eigenvalue weighted by atomic mass is 14.3. The number of benzene rings is 1. The van der Waals surface area contributed by atoms with Crippen LogP contribution in [0.15, 0.2) is 42.5 Å². The van der Waals surface area contributed by atoms with Crippen LogP contribution in [-0.4, -0.2) is 6.21 Å². The topological polar surface area (TPSA) is 23.9 Å². The molecular weight excluding hydrogens is 170 g/mol. The Balaban J connectivity index is 3.05. The highest BCUT2D eigenvalue weighted by molar-refractivity contribution is 5.87. The zero-order chi connectivity index (χ0) is 10.4. The standard InChI is InChI=1S/C13H15N/c1-3-4-12(9-10-14)13-7-5-11(2)6-8-13/h3-10,14H,1-2H3/b4-3-,12-9+,14-10?. The van der Waals surface area contributed by atoms with Crippen LogP contribution in [0, 0.1) is 12.3 Å². The maximum Gasteiger partial charge on any atom is 0.0183 e. The van der Waals surface area contributed by atoms with E-state index in [1.165, 1.54) is 11.8 Å². The minimum Gasteiger partial charge on any atom is -0.309 e. The highest BCUT2D eigenvalue weighted by Gasteiger charge is 1.95. The fraction of sp³-hybridized carbons (Fsp3) is 0.154. The van der Waals surface area contributed by atoms with E-state index >= 15 is 0 Å². The van der Waals surface area contributed by atoms with Crippen LogP contribution in [0.1, 0.15) is 18.1 Å². The molecule has 0 heterocycles. The molecule has 0 bridgehead atoms. The van der Waals surface area contributed by atoms with Gasteiger partial charge in [-0.05, 0) is 31.1 Å². The van der Waals surface area contributed by atoms with E-state index in [-0.39, 0.29) is 0 Å². The summed E-state index contributed by atoms with van der Waals surface area (Å²) < 4.78 is 0. The minimum absolute atomic E-state index is 1.07. The molecule has 0 spiro atoms. The summed E-state index contributed by atoms with van der Waals surface area (Å²) in [6.45, 7) is 4.05. The SMILES string of the molecule is C/C=C\C(=C/C=N)c1ccc(C)cc1. The first kappa shape index (κ1) is 10.5. The summed E-state index contributed by atoms with van der Waals surface area (Å²) in [6.07, 6.45) is 7.10. The Bertz CT molecular complexity index is 355. The Labute approximate surface area is 85.3 Å². The van der Waals surface area contributed by atoms with Gasteiger partial charge in [-0.15, -0.1) is 0 Å². The fourth-order valence-electron chi connectivity index (χ4n) is 1.26. The number of allylic oxidation sites excluding steroid dienone is 4. The quantitative estimate of drug-likeness (QED) is 0.549. The molecule has 0 aliphatic heterocycles. The average molecular weight is 185 g/mol. The number of aryl methyl sites for hydroxylation is 1. The number of hydrogen-bond donors (Lipinski definition) is 1. The molecule has 0 unspecified atom stereocenters. The summed E-state index contributed by atoms with van der Waals surface area (Å²) in [6, 6.07) is 8.31. The molecule has 0 fully saturated rings. The summed E-state index contributed by atoms with van der Waals surface area (Å²) in [4.78, 5) is 0. The molecule has 0 atom stereocenters. The van der Waals surface area contributed by atoms with Gasteiger partial charge < -0.3 is 5.41 Å². The lowest BCUT2D eigenvalue weighted by Crippen LogP contribution is -1.82. The fourth-order valence-corrected chi connectivity index (χ4v) is 1.26. The minimum atomic E-state index is 1.07. The first-order chi connectivity index (χ1) is 6.77. The lowest BCUT2D eigenvalue weighted by Gasteiger charge is -2.01. The van der Waals surface area contributed by atoms with E-state index in [1.807, 2.05) is 19.1 Å². The van der Waals surface area contributed by atoms with E-state index in [9.17, 15) is 0 Å². The van der Waals surface area contributed by atoms with E-state index in [0.717, 1.165) is 11.1 Å². The second kappa shape index (κ2) is 5.18. The molecule has 1 nitrogen and oxygen atoms in total. The van der Waals surface area contributed by atoms with Gasteiger partial charge in [0.1, 0.15) is 0 Å². The van der Waals surface area contributed by atoms with Crippen LogP contribution in [0.4, 0.5) is 0 Å². The van der Waals surface area contributed by atoms with Gasteiger partial charge >= 0.3 is 0 Å². The Morgan fingerprint density at radius 1 is 1.21 bits per heavy atom. The second-order valence-electron chi connectivity index (χ2n) is 3.15. The van der Waals surface area contributed by atoms with Crippen molar-refractivity contribution < 1.29 is 0 Å². The highest BCUT2D eigenvalue weighted by Crippen LogP contribution is 2.15. The Morgan fingerprint density at radius 2 is 1.86 bits per heavy atom. The van der Waals surface area contributed by atoms with Gasteiger partial charge in [0.05, 0.1) is 0 Å². The molecule has 1 aromatic carbocycles. The normalized spacial score (nSPS) is 12.0. The molecule has 0 aromatic heterocycles. The lowest BCUT2D eigenvalue weighted by atomic mass is 10.0. The molecule has 0 aliphatic carbocycles. The van der Waals surface area contributed by atoms with Crippen LogP contribution in [-0.2, 0) is 0 Å². The first-order valence-electron chi connectivity index (χ1n) is 4.68. The van der Waals surface area contributed by atoms with Gasteiger partial charge in [-0.2, -0.15) is 0 Å². The molecule has 1 aromatic rings. The molecule has 0 saturated carbocycles. The monoisotopic (exact) mass is 185 g/mol. The third kappa shape index (κ3) is 2.70. The molecule has 1 N–H and O–H groups in total. The van der Waals surface area contributed by atoms with Gasteiger partial charge in [0.25, 0.3) is 0 Å². The molecule has 1 heteroatoms. The van der Waals surface area contributed by atoms with Gasteiger partial charge in [0, 0.05) is 6.21 Å². The molecule has 0 aliphatic rings. The van der Waals surface area contributed by atoms with Crippen molar-refractivity contribution in [1.82, 2.24) is 0 Å². The molecule has 0 saturated heterocycles. The van der Waals surface area contributed by atoms with Gasteiger partial charge in [-0.1, -0.05) is 42.0 Å². The third-order valence-corrected chi connectivity index (χ3v) is 1.99. The lowest BCUT2D eigenvalue weighted by molar-refractivity contribution is 1.45. The van der Waals surface area contributed by atoms with Crippen LogP contribution >= 0.6 is 0 Å². The molecule has 14 heavy (non-hydrogen) atoms. The molecule has 0 radical (unpaired) electrons. The summed E-state index contributed by atoms with van der Waals surface area (Å²) in [7, 11) is 0. The van der Waals surface area contributed by atoms with Crippen molar-refractivity contribution in [2.45, 2.75) is 13.8 Å². The van der Waals surface area contributed by atoms with Crippen molar-refractivity contribution in [3.05, 3.63) is 53.6 Å². The third-order valence-electron chi connectivity index (χ3n) is 1.99. The summed E-state index contributed by atoms with van der Waals surface area (Å²) in [5.74, 6) is 0. The maximum atomic E-state index is 7.07. The molecule has 1 rings (SSSR count). The summed E-state index contributed by atoms with van der Waals surface area (Å²) in [5.41, 5.74) is 3.48. The van der Waals surface area contributed by atoms with Crippen LogP contribution in [0.2, 0.25) is 0 Å². The smallest absolute Gasteiger partial charge is 0.0183 e. The zero-order valence-corrected chi connectivity index (χ0v) is 8.62. The van der Waals surface area contributed by atoms with Crippen LogP contribution in [0.25, 0.3) is 5.57 Å². The van der Waals surface area contributed by atoms with Crippen molar-refractivity contribution in [1.29, 1.82) is 5.41 Å². The molecular formula is C13H15N. The Morgan fingerprint density at radius 3 is 2.36 bits per heavy atom. The van der Waals surface area contributed by atoms with E-state index in [1.54, 1.807) is 6.08 Å². The largest absolute Gasteiger partial charge is 0.309 e. The van der Waals surface area contributed by atoms with Gasteiger partial charge in [0.15, 0.2) is 0 Å². The van der Waals surface area contributed by atoms with Crippen molar-refractivity contribution in [2.24, 2.45) is 0 Å². The average Bonchev–Trinajstić information content (AvgIpc) is 2.19. The zero-order valence-electron chi connectivity index (χ0n) is 8.62. The number of nitrogens with one attached hydrogen (secondary N) is 1. The van der Waals surface area contributed by atoms with Gasteiger partial charge in [-0.3, -0.25) is 0 Å². The molecule has 0 amide bonds.